The zero-order chi connectivity index (χ0) is 18.6. The van der Waals surface area contributed by atoms with Crippen molar-refractivity contribution in [3.63, 3.8) is 0 Å². The van der Waals surface area contributed by atoms with Crippen LogP contribution in [-0.4, -0.2) is 26.8 Å². The van der Waals surface area contributed by atoms with Crippen molar-refractivity contribution in [2.75, 3.05) is 4.90 Å². The van der Waals surface area contributed by atoms with Gasteiger partial charge in [0.25, 0.3) is 0 Å². The molecule has 1 atom stereocenters. The maximum Gasteiger partial charge on any atom is 0.120 e. The Morgan fingerprint density at radius 1 is 1.23 bits per heavy atom. The fraction of sp³-hybridized carbons (Fsp3) is 0.400. The quantitative estimate of drug-likeness (QED) is 0.575. The first-order valence-corrected chi connectivity index (χ1v) is 9.78. The van der Waals surface area contributed by atoms with Gasteiger partial charge < -0.3 is 4.90 Å². The molecule has 0 N–H and O–H groups in total. The van der Waals surface area contributed by atoms with Crippen LogP contribution in [0.15, 0.2) is 24.3 Å². The van der Waals surface area contributed by atoms with E-state index in [1.165, 1.54) is 5.69 Å². The maximum absolute atomic E-state index is 6.48. The summed E-state index contributed by atoms with van der Waals surface area (Å²) < 4.78 is 2.10. The van der Waals surface area contributed by atoms with E-state index in [-0.39, 0.29) is 0 Å². The van der Waals surface area contributed by atoms with Crippen molar-refractivity contribution in [1.82, 2.24) is 14.8 Å². The van der Waals surface area contributed by atoms with Crippen LogP contribution < -0.4 is 4.90 Å². The van der Waals surface area contributed by atoms with E-state index >= 15 is 0 Å². The summed E-state index contributed by atoms with van der Waals surface area (Å²) in [4.78, 5) is 7.33. The van der Waals surface area contributed by atoms with E-state index < -0.39 is 0 Å². The van der Waals surface area contributed by atoms with Crippen molar-refractivity contribution >= 4 is 39.9 Å². The van der Waals surface area contributed by atoms with E-state index in [4.69, 9.17) is 33.3 Å². The molecule has 3 heterocycles. The summed E-state index contributed by atoms with van der Waals surface area (Å²) in [5.41, 5.74) is 5.90. The molecule has 0 bridgehead atoms. The van der Waals surface area contributed by atoms with Gasteiger partial charge in [0, 0.05) is 28.4 Å². The van der Waals surface area contributed by atoms with Gasteiger partial charge in [0.2, 0.25) is 0 Å². The van der Waals surface area contributed by atoms with E-state index in [0.29, 0.717) is 22.1 Å². The molecule has 0 radical (unpaired) electrons. The van der Waals surface area contributed by atoms with Gasteiger partial charge in [-0.15, -0.1) is 0 Å². The summed E-state index contributed by atoms with van der Waals surface area (Å²) in [6.45, 7) is 9.61. The first-order chi connectivity index (χ1) is 12.4. The van der Waals surface area contributed by atoms with Crippen molar-refractivity contribution in [3.8, 4) is 11.3 Å². The minimum absolute atomic E-state index is 0.413. The standard InChI is InChI=1S/C20H22Cl2N4/c1-5-14-10-25-20-17(26(14)11(2)3)8-12(4)23-19(20)18(24-25)15-7-6-13(21)9-16(15)22/h6-9,11,14H,5,10H2,1-4H3/t14-/m0/s1. The second kappa shape index (κ2) is 6.43. The third-order valence-corrected chi connectivity index (χ3v) is 5.62. The van der Waals surface area contributed by atoms with E-state index in [2.05, 4.69) is 36.4 Å². The molecule has 0 amide bonds. The topological polar surface area (TPSA) is 34.0 Å². The van der Waals surface area contributed by atoms with Crippen LogP contribution in [0.4, 0.5) is 5.69 Å². The lowest BCUT2D eigenvalue weighted by Crippen LogP contribution is -2.45. The number of hydrogen-bond acceptors (Lipinski definition) is 3. The van der Waals surface area contributed by atoms with Gasteiger partial charge in [-0.2, -0.15) is 5.10 Å². The van der Waals surface area contributed by atoms with Crippen LogP contribution in [0.5, 0.6) is 0 Å². The second-order valence-electron chi connectivity index (χ2n) is 7.20. The second-order valence-corrected chi connectivity index (χ2v) is 8.04. The zero-order valence-corrected chi connectivity index (χ0v) is 16.9. The molecule has 1 aromatic carbocycles. The molecule has 2 aromatic heterocycles. The molecule has 0 saturated heterocycles. The number of pyridine rings is 1. The third kappa shape index (κ3) is 2.67. The van der Waals surface area contributed by atoms with Crippen molar-refractivity contribution in [3.05, 3.63) is 40.0 Å². The number of aryl methyl sites for hydroxylation is 1. The first kappa shape index (κ1) is 17.6. The lowest BCUT2D eigenvalue weighted by atomic mass is 10.0. The average molecular weight is 389 g/mol. The van der Waals surface area contributed by atoms with E-state index in [0.717, 1.165) is 41.0 Å². The Balaban J connectivity index is 2.02. The molecular formula is C20H22Cl2N4. The Morgan fingerprint density at radius 3 is 2.65 bits per heavy atom. The Kier molecular flexibility index (Phi) is 4.36. The Labute approximate surface area is 163 Å². The van der Waals surface area contributed by atoms with Gasteiger partial charge in [-0.05, 0) is 51.5 Å². The molecule has 0 saturated carbocycles. The van der Waals surface area contributed by atoms with Gasteiger partial charge in [0.15, 0.2) is 0 Å². The van der Waals surface area contributed by atoms with Gasteiger partial charge >= 0.3 is 0 Å². The highest BCUT2D eigenvalue weighted by molar-refractivity contribution is 6.36. The first-order valence-electron chi connectivity index (χ1n) is 9.02. The molecule has 26 heavy (non-hydrogen) atoms. The molecule has 0 spiro atoms. The van der Waals surface area contributed by atoms with E-state index in [9.17, 15) is 0 Å². The maximum atomic E-state index is 6.48. The number of rotatable bonds is 3. The fourth-order valence-corrected chi connectivity index (χ4v) is 4.49. The zero-order valence-electron chi connectivity index (χ0n) is 15.4. The van der Waals surface area contributed by atoms with Crippen LogP contribution in [-0.2, 0) is 6.54 Å². The van der Waals surface area contributed by atoms with Crippen LogP contribution in [0.3, 0.4) is 0 Å². The Morgan fingerprint density at radius 2 is 2.00 bits per heavy atom. The van der Waals surface area contributed by atoms with Crippen LogP contribution in [0.1, 0.15) is 32.9 Å². The number of hydrogen-bond donors (Lipinski definition) is 0. The third-order valence-electron chi connectivity index (χ3n) is 5.07. The number of aromatic nitrogens is 3. The SMILES string of the molecule is CC[C@H]1Cn2nc(-c3ccc(Cl)cc3Cl)c3nc(C)cc(c32)N1C(C)C. The Hall–Kier alpha value is -1.78. The van der Waals surface area contributed by atoms with Gasteiger partial charge in [0.05, 0.1) is 17.3 Å². The van der Waals surface area contributed by atoms with Crippen molar-refractivity contribution in [2.24, 2.45) is 0 Å². The molecule has 0 fully saturated rings. The van der Waals surface area contributed by atoms with Crippen molar-refractivity contribution < 1.29 is 0 Å². The molecule has 1 aliphatic heterocycles. The smallest absolute Gasteiger partial charge is 0.120 e. The summed E-state index contributed by atoms with van der Waals surface area (Å²) in [6.07, 6.45) is 1.07. The lowest BCUT2D eigenvalue weighted by molar-refractivity contribution is 0.436. The molecule has 136 valence electrons. The number of halogens is 2. The summed E-state index contributed by atoms with van der Waals surface area (Å²) in [5.74, 6) is 0. The number of nitrogens with zero attached hydrogens (tertiary/aromatic N) is 4. The van der Waals surface area contributed by atoms with Gasteiger partial charge in [-0.25, -0.2) is 4.98 Å². The lowest BCUT2D eigenvalue weighted by Gasteiger charge is -2.40. The number of benzene rings is 1. The van der Waals surface area contributed by atoms with Gasteiger partial charge in [-0.3, -0.25) is 4.68 Å². The van der Waals surface area contributed by atoms with E-state index in [1.54, 1.807) is 6.07 Å². The van der Waals surface area contributed by atoms with Crippen molar-refractivity contribution in [1.29, 1.82) is 0 Å². The fourth-order valence-electron chi connectivity index (χ4n) is 3.99. The molecule has 0 aliphatic carbocycles. The highest BCUT2D eigenvalue weighted by Gasteiger charge is 2.32. The predicted octanol–water partition coefficient (Wildman–Crippen LogP) is 5.72. The predicted molar refractivity (Wildman–Crippen MR) is 109 cm³/mol. The summed E-state index contributed by atoms with van der Waals surface area (Å²) >= 11 is 12.6. The van der Waals surface area contributed by atoms with E-state index in [1.807, 2.05) is 19.1 Å². The average Bonchev–Trinajstić information content (AvgIpc) is 2.92. The van der Waals surface area contributed by atoms with Crippen LogP contribution >= 0.6 is 23.2 Å². The molecule has 4 rings (SSSR count). The molecule has 0 unspecified atom stereocenters. The monoisotopic (exact) mass is 388 g/mol. The molecular weight excluding hydrogens is 367 g/mol. The minimum atomic E-state index is 0.413. The largest absolute Gasteiger partial charge is 0.362 e. The summed E-state index contributed by atoms with van der Waals surface area (Å²) in [7, 11) is 0. The highest BCUT2D eigenvalue weighted by Crippen LogP contribution is 2.40. The van der Waals surface area contributed by atoms with Gasteiger partial charge in [0.1, 0.15) is 16.7 Å². The van der Waals surface area contributed by atoms with Crippen LogP contribution in [0, 0.1) is 6.92 Å². The van der Waals surface area contributed by atoms with Gasteiger partial charge in [-0.1, -0.05) is 30.1 Å². The summed E-state index contributed by atoms with van der Waals surface area (Å²) in [6, 6.07) is 8.54. The highest BCUT2D eigenvalue weighted by atomic mass is 35.5. The van der Waals surface area contributed by atoms with Crippen molar-refractivity contribution in [2.45, 2.75) is 52.7 Å². The Bertz CT molecular complexity index is 993. The summed E-state index contributed by atoms with van der Waals surface area (Å²) in [5, 5.41) is 6.13. The molecule has 4 nitrogen and oxygen atoms in total. The molecule has 6 heteroatoms. The van der Waals surface area contributed by atoms with Crippen LogP contribution in [0.25, 0.3) is 22.3 Å². The number of anilines is 1. The molecule has 3 aromatic rings. The minimum Gasteiger partial charge on any atom is -0.362 e. The van der Waals surface area contributed by atoms with Crippen LogP contribution in [0.2, 0.25) is 10.0 Å². The molecule has 1 aliphatic rings. The normalized spacial score (nSPS) is 16.7.